The fraction of sp³-hybridized carbons (Fsp3) is 0.143. The average molecular weight is 162 g/mol. The van der Waals surface area contributed by atoms with Gasteiger partial charge in [0.05, 0.1) is 12.6 Å². The van der Waals surface area contributed by atoms with Gasteiger partial charge in [0.1, 0.15) is 12.1 Å². The highest BCUT2D eigenvalue weighted by molar-refractivity contribution is 5.53. The third kappa shape index (κ3) is 0.952. The zero-order chi connectivity index (χ0) is 8.39. The molecule has 0 spiro atoms. The molecule has 0 atom stereocenters. The van der Waals surface area contributed by atoms with E-state index in [-0.39, 0.29) is 6.42 Å². The van der Waals surface area contributed by atoms with Crippen LogP contribution < -0.4 is 0 Å². The van der Waals surface area contributed by atoms with Crippen LogP contribution in [-0.2, 0) is 11.2 Å². The Balaban J connectivity index is 2.62. The molecule has 0 saturated heterocycles. The van der Waals surface area contributed by atoms with Gasteiger partial charge in [-0.3, -0.25) is 9.38 Å². The van der Waals surface area contributed by atoms with E-state index in [4.69, 9.17) is 0 Å². The predicted octanol–water partition coefficient (Wildman–Crippen LogP) is -0.134. The molecule has 2 rings (SSSR count). The zero-order valence-electron chi connectivity index (χ0n) is 6.21. The number of fused-ring (bicyclic) bond motifs is 1. The van der Waals surface area contributed by atoms with Gasteiger partial charge in [-0.15, -0.1) is 10.2 Å². The van der Waals surface area contributed by atoms with Gasteiger partial charge in [-0.05, 0) is 0 Å². The molecule has 12 heavy (non-hydrogen) atoms. The summed E-state index contributed by atoms with van der Waals surface area (Å²) < 4.78 is 1.74. The Morgan fingerprint density at radius 1 is 1.50 bits per heavy atom. The summed E-state index contributed by atoms with van der Waals surface area (Å²) in [6.45, 7) is 0. The molecule has 5 heteroatoms. The van der Waals surface area contributed by atoms with E-state index in [0.29, 0.717) is 11.5 Å². The molecule has 2 heterocycles. The van der Waals surface area contributed by atoms with Crippen molar-refractivity contribution in [3.8, 4) is 0 Å². The first-order valence-corrected chi connectivity index (χ1v) is 3.49. The number of hydrogen-bond donors (Lipinski definition) is 0. The maximum atomic E-state index is 10.2. The van der Waals surface area contributed by atoms with Gasteiger partial charge in [-0.25, -0.2) is 0 Å². The molecule has 5 nitrogen and oxygen atoms in total. The third-order valence-corrected chi connectivity index (χ3v) is 1.55. The molecule has 0 bridgehead atoms. The molecule has 0 fully saturated rings. The fourth-order valence-corrected chi connectivity index (χ4v) is 1.02. The summed E-state index contributed by atoms with van der Waals surface area (Å²) in [6, 6.07) is 0. The lowest BCUT2D eigenvalue weighted by Gasteiger charge is -1.91. The van der Waals surface area contributed by atoms with Crippen molar-refractivity contribution in [2.24, 2.45) is 0 Å². The van der Waals surface area contributed by atoms with E-state index in [1.807, 2.05) is 0 Å². The van der Waals surface area contributed by atoms with Gasteiger partial charge in [0.2, 0.25) is 0 Å². The highest BCUT2D eigenvalue weighted by atomic mass is 16.1. The molecule has 0 radical (unpaired) electrons. The Bertz CT molecular complexity index is 408. The maximum Gasteiger partial charge on any atom is 0.179 e. The van der Waals surface area contributed by atoms with Gasteiger partial charge in [0.15, 0.2) is 5.65 Å². The maximum absolute atomic E-state index is 10.2. The van der Waals surface area contributed by atoms with E-state index in [1.165, 1.54) is 0 Å². The van der Waals surface area contributed by atoms with E-state index in [1.54, 1.807) is 23.0 Å². The van der Waals surface area contributed by atoms with Gasteiger partial charge in [0, 0.05) is 12.4 Å². The van der Waals surface area contributed by atoms with Crippen molar-refractivity contribution in [3.63, 3.8) is 0 Å². The summed E-state index contributed by atoms with van der Waals surface area (Å²) in [6.07, 6.45) is 6.04. The second-order valence-corrected chi connectivity index (χ2v) is 2.29. The van der Waals surface area contributed by atoms with Gasteiger partial charge in [-0.2, -0.15) is 0 Å². The normalized spacial score (nSPS) is 10.3. The smallest absolute Gasteiger partial charge is 0.179 e. The average Bonchev–Trinajstić information content (AvgIpc) is 2.50. The number of rotatable bonds is 2. The van der Waals surface area contributed by atoms with Crippen molar-refractivity contribution in [1.29, 1.82) is 0 Å². The van der Waals surface area contributed by atoms with Crippen LogP contribution in [-0.4, -0.2) is 25.9 Å². The minimum absolute atomic E-state index is 0.283. The monoisotopic (exact) mass is 162 g/mol. The van der Waals surface area contributed by atoms with E-state index >= 15 is 0 Å². The number of aldehydes is 1. The Morgan fingerprint density at radius 3 is 3.25 bits per heavy atom. The molecular weight excluding hydrogens is 156 g/mol. The first kappa shape index (κ1) is 6.90. The van der Waals surface area contributed by atoms with E-state index in [2.05, 4.69) is 15.2 Å². The predicted molar refractivity (Wildman–Crippen MR) is 40.6 cm³/mol. The van der Waals surface area contributed by atoms with Crippen molar-refractivity contribution in [3.05, 3.63) is 24.4 Å². The molecule has 0 aliphatic rings. The molecule has 0 amide bonds. The van der Waals surface area contributed by atoms with E-state index < -0.39 is 0 Å². The number of hydrogen-bond acceptors (Lipinski definition) is 4. The van der Waals surface area contributed by atoms with E-state index in [0.717, 1.165) is 6.29 Å². The molecule has 0 aliphatic carbocycles. The summed E-state index contributed by atoms with van der Waals surface area (Å²) in [7, 11) is 0. The number of aromatic nitrogens is 4. The molecule has 2 aromatic rings. The lowest BCUT2D eigenvalue weighted by atomic mass is 10.4. The number of carbonyl (C=O) groups is 1. The van der Waals surface area contributed by atoms with Crippen LogP contribution in [0.3, 0.4) is 0 Å². The minimum Gasteiger partial charge on any atom is -0.303 e. The Hall–Kier alpha value is -1.78. The van der Waals surface area contributed by atoms with Crippen LogP contribution in [0.4, 0.5) is 0 Å². The van der Waals surface area contributed by atoms with Crippen LogP contribution in [0.2, 0.25) is 0 Å². The van der Waals surface area contributed by atoms with Crippen LogP contribution in [0.15, 0.2) is 18.6 Å². The summed E-state index contributed by atoms with van der Waals surface area (Å²) in [5.41, 5.74) is 0.661. The summed E-state index contributed by atoms with van der Waals surface area (Å²) in [5.74, 6) is 0.641. The van der Waals surface area contributed by atoms with Crippen LogP contribution >= 0.6 is 0 Å². The van der Waals surface area contributed by atoms with Gasteiger partial charge < -0.3 is 4.79 Å². The minimum atomic E-state index is 0.283. The molecule has 0 unspecified atom stereocenters. The zero-order valence-corrected chi connectivity index (χ0v) is 6.21. The summed E-state index contributed by atoms with van der Waals surface area (Å²) in [4.78, 5) is 14.1. The third-order valence-electron chi connectivity index (χ3n) is 1.55. The van der Waals surface area contributed by atoms with Crippen LogP contribution in [0, 0.1) is 0 Å². The van der Waals surface area contributed by atoms with Gasteiger partial charge >= 0.3 is 0 Å². The van der Waals surface area contributed by atoms with Crippen molar-refractivity contribution in [2.75, 3.05) is 0 Å². The highest BCUT2D eigenvalue weighted by Crippen LogP contribution is 1.99. The molecule has 2 aromatic heterocycles. The second kappa shape index (κ2) is 2.69. The highest BCUT2D eigenvalue weighted by Gasteiger charge is 2.02. The topological polar surface area (TPSA) is 60.2 Å². The number of nitrogens with zero attached hydrogens (tertiary/aromatic N) is 4. The first-order chi connectivity index (χ1) is 5.92. The summed E-state index contributed by atoms with van der Waals surface area (Å²) in [5, 5.41) is 7.66. The van der Waals surface area contributed by atoms with Gasteiger partial charge in [0.25, 0.3) is 0 Å². The van der Waals surface area contributed by atoms with Crippen molar-refractivity contribution in [1.82, 2.24) is 19.6 Å². The molecule has 0 aliphatic heterocycles. The van der Waals surface area contributed by atoms with Gasteiger partial charge in [-0.1, -0.05) is 0 Å². The van der Waals surface area contributed by atoms with Crippen LogP contribution in [0.25, 0.3) is 5.65 Å². The lowest BCUT2D eigenvalue weighted by molar-refractivity contribution is -0.107. The first-order valence-electron chi connectivity index (χ1n) is 3.49. The Morgan fingerprint density at radius 2 is 2.42 bits per heavy atom. The quantitative estimate of drug-likeness (QED) is 0.577. The molecule has 60 valence electrons. The van der Waals surface area contributed by atoms with Crippen molar-refractivity contribution < 1.29 is 4.79 Å². The van der Waals surface area contributed by atoms with Crippen LogP contribution in [0.5, 0.6) is 0 Å². The molecule has 0 aromatic carbocycles. The summed E-state index contributed by atoms with van der Waals surface area (Å²) >= 11 is 0. The lowest BCUT2D eigenvalue weighted by Crippen LogP contribution is -1.94. The Kier molecular flexibility index (Phi) is 1.55. The van der Waals surface area contributed by atoms with Crippen LogP contribution in [0.1, 0.15) is 5.82 Å². The van der Waals surface area contributed by atoms with Crippen molar-refractivity contribution >= 4 is 11.9 Å². The van der Waals surface area contributed by atoms with Crippen molar-refractivity contribution in [2.45, 2.75) is 6.42 Å². The molecule has 0 saturated carbocycles. The Labute approximate surface area is 68.1 Å². The molecule has 0 N–H and O–H groups in total. The standard InChI is InChI=1S/C7H6N4O/c12-4-1-6-9-10-7-5-8-2-3-11(6)7/h2-5H,1H2. The SMILES string of the molecule is O=CCc1nnc2cnccn12. The molecular formula is C7H6N4O. The fourth-order valence-electron chi connectivity index (χ4n) is 1.02. The number of carbonyl (C=O) groups excluding carboxylic acids is 1. The second-order valence-electron chi connectivity index (χ2n) is 2.29. The largest absolute Gasteiger partial charge is 0.303 e. The van der Waals surface area contributed by atoms with E-state index in [9.17, 15) is 4.79 Å².